The molecule has 1 N–H and O–H groups in total. The third kappa shape index (κ3) is 7.78. The van der Waals surface area contributed by atoms with E-state index in [1.54, 1.807) is 6.92 Å². The fourth-order valence-electron chi connectivity index (χ4n) is 4.87. The summed E-state index contributed by atoms with van der Waals surface area (Å²) in [6, 6.07) is 24.0. The van der Waals surface area contributed by atoms with Crippen LogP contribution in [0.4, 0.5) is 5.69 Å². The number of Topliss-reactive ketones (excluding diaryl/α,β-unsaturated/α-hetero) is 1. The number of likely N-dealkylation sites (tertiary alicyclic amines) is 1. The van der Waals surface area contributed by atoms with Gasteiger partial charge in [0.15, 0.2) is 5.78 Å². The number of carbonyl (C=O) groups is 2. The molecule has 1 unspecified atom stereocenters. The van der Waals surface area contributed by atoms with E-state index in [2.05, 4.69) is 50.4 Å². The SMILES string of the molecule is CC(=O)c1cccc(OC(CCN2CCC(c3cccc(NC(=O)C(C)C)c3)CC2)c2ccc(Br)cc2)c1. The molecule has 0 aliphatic carbocycles. The topological polar surface area (TPSA) is 58.6 Å². The van der Waals surface area contributed by atoms with E-state index in [0.29, 0.717) is 17.2 Å². The number of carbonyl (C=O) groups excluding carboxylic acids is 2. The monoisotopic (exact) mass is 576 g/mol. The third-order valence-electron chi connectivity index (χ3n) is 7.21. The second-order valence-corrected chi connectivity index (χ2v) is 11.3. The lowest BCUT2D eigenvalue weighted by Gasteiger charge is -2.33. The van der Waals surface area contributed by atoms with Crippen molar-refractivity contribution in [2.24, 2.45) is 5.92 Å². The number of hydrogen-bond donors (Lipinski definition) is 1. The molecule has 0 radical (unpaired) electrons. The van der Waals surface area contributed by atoms with Crippen molar-refractivity contribution in [3.63, 3.8) is 0 Å². The molecule has 0 bridgehead atoms. The molecule has 6 heteroatoms. The summed E-state index contributed by atoms with van der Waals surface area (Å²) < 4.78 is 7.48. The molecule has 1 saturated heterocycles. The Morgan fingerprint density at radius 2 is 1.71 bits per heavy atom. The number of halogens is 1. The number of rotatable bonds is 10. The maximum absolute atomic E-state index is 12.1. The molecule has 200 valence electrons. The molecule has 1 fully saturated rings. The first kappa shape index (κ1) is 28.1. The normalized spacial score (nSPS) is 15.3. The van der Waals surface area contributed by atoms with E-state index in [9.17, 15) is 9.59 Å². The molecule has 1 heterocycles. The molecular weight excluding hydrogens is 540 g/mol. The van der Waals surface area contributed by atoms with Gasteiger partial charge in [0.05, 0.1) is 0 Å². The average Bonchev–Trinajstić information content (AvgIpc) is 2.92. The van der Waals surface area contributed by atoms with Crippen LogP contribution in [0.2, 0.25) is 0 Å². The number of ether oxygens (including phenoxy) is 1. The fourth-order valence-corrected chi connectivity index (χ4v) is 5.13. The molecule has 1 atom stereocenters. The maximum Gasteiger partial charge on any atom is 0.226 e. The number of benzene rings is 3. The Labute approximate surface area is 234 Å². The van der Waals surface area contributed by atoms with Crippen LogP contribution in [0.15, 0.2) is 77.3 Å². The summed E-state index contributed by atoms with van der Waals surface area (Å²) in [5, 5.41) is 3.03. The average molecular weight is 578 g/mol. The molecule has 3 aromatic rings. The predicted octanol–water partition coefficient (Wildman–Crippen LogP) is 7.64. The number of piperidine rings is 1. The number of nitrogens with zero attached hydrogens (tertiary/aromatic N) is 1. The molecule has 1 amide bonds. The fraction of sp³-hybridized carbons (Fsp3) is 0.375. The van der Waals surface area contributed by atoms with Crippen LogP contribution in [0, 0.1) is 5.92 Å². The highest BCUT2D eigenvalue weighted by atomic mass is 79.9. The highest BCUT2D eigenvalue weighted by molar-refractivity contribution is 9.10. The van der Waals surface area contributed by atoms with Crippen LogP contribution in [-0.4, -0.2) is 36.2 Å². The van der Waals surface area contributed by atoms with Crippen molar-refractivity contribution in [3.05, 3.63) is 94.0 Å². The summed E-state index contributed by atoms with van der Waals surface area (Å²) in [4.78, 5) is 26.5. The van der Waals surface area contributed by atoms with E-state index < -0.39 is 0 Å². The minimum atomic E-state index is -0.107. The van der Waals surface area contributed by atoms with Crippen LogP contribution in [-0.2, 0) is 4.79 Å². The van der Waals surface area contributed by atoms with Crippen LogP contribution in [0.5, 0.6) is 5.75 Å². The standard InChI is InChI=1S/C32H37BrN2O3/c1-22(2)32(37)34-29-8-4-7-27(20-29)24-14-17-35(18-15-24)19-16-31(25-10-12-28(33)13-11-25)38-30-9-5-6-26(21-30)23(3)36/h4-13,20-22,24,31H,14-19H2,1-3H3,(H,34,37). The second kappa shape index (κ2) is 13.2. The molecule has 1 aliphatic rings. The van der Waals surface area contributed by atoms with Crippen molar-refractivity contribution in [2.75, 3.05) is 25.0 Å². The first-order chi connectivity index (χ1) is 18.3. The lowest BCUT2D eigenvalue weighted by molar-refractivity contribution is -0.118. The van der Waals surface area contributed by atoms with E-state index >= 15 is 0 Å². The molecule has 0 aromatic heterocycles. The van der Waals surface area contributed by atoms with E-state index in [4.69, 9.17) is 4.74 Å². The minimum Gasteiger partial charge on any atom is -0.486 e. The van der Waals surface area contributed by atoms with Crippen LogP contribution in [0.1, 0.15) is 73.5 Å². The third-order valence-corrected chi connectivity index (χ3v) is 7.73. The van der Waals surface area contributed by atoms with Crippen molar-refractivity contribution < 1.29 is 14.3 Å². The summed E-state index contributed by atoms with van der Waals surface area (Å²) >= 11 is 3.53. The van der Waals surface area contributed by atoms with Gasteiger partial charge < -0.3 is 15.0 Å². The Balaban J connectivity index is 1.37. The van der Waals surface area contributed by atoms with Gasteiger partial charge in [-0.3, -0.25) is 9.59 Å². The Kier molecular flexibility index (Phi) is 9.75. The summed E-state index contributed by atoms with van der Waals surface area (Å²) in [6.07, 6.45) is 2.93. The van der Waals surface area contributed by atoms with Crippen molar-refractivity contribution in [1.82, 2.24) is 4.90 Å². The van der Waals surface area contributed by atoms with Crippen LogP contribution in [0.25, 0.3) is 0 Å². The first-order valence-corrected chi connectivity index (χ1v) is 14.2. The molecule has 1 aliphatic heterocycles. The van der Waals surface area contributed by atoms with Crippen LogP contribution < -0.4 is 10.1 Å². The Bertz CT molecular complexity index is 1230. The van der Waals surface area contributed by atoms with E-state index in [1.165, 1.54) is 5.56 Å². The van der Waals surface area contributed by atoms with Crippen molar-refractivity contribution in [2.45, 2.75) is 52.1 Å². The Morgan fingerprint density at radius 1 is 1.00 bits per heavy atom. The largest absolute Gasteiger partial charge is 0.486 e. The summed E-state index contributed by atoms with van der Waals surface area (Å²) in [5.41, 5.74) is 3.96. The van der Waals surface area contributed by atoms with Gasteiger partial charge in [-0.25, -0.2) is 0 Å². The summed E-state index contributed by atoms with van der Waals surface area (Å²) in [5.74, 6) is 1.26. The molecule has 5 nitrogen and oxygen atoms in total. The number of ketones is 1. The Morgan fingerprint density at radius 3 is 2.39 bits per heavy atom. The van der Waals surface area contributed by atoms with Gasteiger partial charge in [0.25, 0.3) is 0 Å². The van der Waals surface area contributed by atoms with Gasteiger partial charge in [0.1, 0.15) is 11.9 Å². The maximum atomic E-state index is 12.1. The summed E-state index contributed by atoms with van der Waals surface area (Å²) in [6.45, 7) is 8.38. The van der Waals surface area contributed by atoms with Gasteiger partial charge in [-0.2, -0.15) is 0 Å². The molecule has 38 heavy (non-hydrogen) atoms. The van der Waals surface area contributed by atoms with Gasteiger partial charge in [-0.15, -0.1) is 0 Å². The zero-order chi connectivity index (χ0) is 27.1. The van der Waals surface area contributed by atoms with Crippen LogP contribution in [0.3, 0.4) is 0 Å². The zero-order valence-electron chi connectivity index (χ0n) is 22.5. The van der Waals surface area contributed by atoms with Gasteiger partial charge in [0.2, 0.25) is 5.91 Å². The molecule has 0 saturated carbocycles. The highest BCUT2D eigenvalue weighted by Crippen LogP contribution is 2.31. The van der Waals surface area contributed by atoms with Crippen molar-refractivity contribution in [1.29, 1.82) is 0 Å². The quantitative estimate of drug-likeness (QED) is 0.252. The van der Waals surface area contributed by atoms with Gasteiger partial charge >= 0.3 is 0 Å². The van der Waals surface area contributed by atoms with Crippen LogP contribution >= 0.6 is 15.9 Å². The molecular formula is C32H37BrN2O3. The Hall–Kier alpha value is -2.96. The van der Waals surface area contributed by atoms with E-state index in [-0.39, 0.29) is 23.7 Å². The second-order valence-electron chi connectivity index (χ2n) is 10.4. The number of anilines is 1. The van der Waals surface area contributed by atoms with Crippen molar-refractivity contribution in [3.8, 4) is 5.75 Å². The molecule has 3 aromatic carbocycles. The van der Waals surface area contributed by atoms with E-state index in [1.807, 2.05) is 62.4 Å². The molecule has 0 spiro atoms. The van der Waals surface area contributed by atoms with Gasteiger partial charge in [-0.1, -0.05) is 66.2 Å². The predicted molar refractivity (Wildman–Crippen MR) is 157 cm³/mol. The lowest BCUT2D eigenvalue weighted by atomic mass is 9.89. The zero-order valence-corrected chi connectivity index (χ0v) is 24.0. The smallest absolute Gasteiger partial charge is 0.226 e. The number of nitrogens with one attached hydrogen (secondary N) is 1. The molecule has 4 rings (SSSR count). The minimum absolute atomic E-state index is 0.0337. The van der Waals surface area contributed by atoms with E-state index in [0.717, 1.165) is 54.6 Å². The number of hydrogen-bond acceptors (Lipinski definition) is 4. The van der Waals surface area contributed by atoms with Gasteiger partial charge in [-0.05, 0) is 86.3 Å². The van der Waals surface area contributed by atoms with Gasteiger partial charge in [0, 0.05) is 34.6 Å². The first-order valence-electron chi connectivity index (χ1n) is 13.4. The highest BCUT2D eigenvalue weighted by Gasteiger charge is 2.23. The lowest BCUT2D eigenvalue weighted by Crippen LogP contribution is -2.34. The summed E-state index contributed by atoms with van der Waals surface area (Å²) in [7, 11) is 0. The van der Waals surface area contributed by atoms with Crippen molar-refractivity contribution >= 4 is 33.3 Å². The number of amides is 1.